The third-order valence-electron chi connectivity index (χ3n) is 2.98. The molecule has 7 nitrogen and oxygen atoms in total. The van der Waals surface area contributed by atoms with Crippen LogP contribution in [0.4, 0.5) is 0 Å². The van der Waals surface area contributed by atoms with Gasteiger partial charge in [-0.1, -0.05) is 6.07 Å². The van der Waals surface area contributed by atoms with Crippen LogP contribution in [0.15, 0.2) is 18.3 Å². The van der Waals surface area contributed by atoms with Crippen LogP contribution in [0.5, 0.6) is 0 Å². The Morgan fingerprint density at radius 1 is 1.14 bits per heavy atom. The first-order valence-corrected chi connectivity index (χ1v) is 6.25. The van der Waals surface area contributed by atoms with Crippen LogP contribution >= 0.6 is 0 Å². The number of aliphatic hydroxyl groups is 2. The minimum atomic E-state index is -1.57. The molecule has 1 aromatic heterocycles. The molecule has 0 amide bonds. The van der Waals surface area contributed by atoms with E-state index in [9.17, 15) is 4.79 Å². The Hall–Kier alpha value is -1.48. The molecule has 0 aliphatic carbocycles. The molecule has 0 aromatic carbocycles. The Bertz CT molecular complexity index is 435. The first kappa shape index (κ1) is 19.5. The maximum atomic E-state index is 10.9. The summed E-state index contributed by atoms with van der Waals surface area (Å²) in [5, 5.41) is 35.6. The summed E-state index contributed by atoms with van der Waals surface area (Å²) < 4.78 is 4.41. The molecule has 0 saturated carbocycles. The van der Waals surface area contributed by atoms with Gasteiger partial charge in [-0.05, 0) is 33.8 Å². The van der Waals surface area contributed by atoms with E-state index in [0.717, 1.165) is 0 Å². The molecule has 1 rings (SSSR count). The highest BCUT2D eigenvalue weighted by molar-refractivity contribution is 6.58. The van der Waals surface area contributed by atoms with Crippen molar-refractivity contribution in [1.82, 2.24) is 4.98 Å². The Labute approximate surface area is 124 Å². The number of ether oxygens (including phenoxy) is 1. The molecule has 0 radical (unpaired) electrons. The van der Waals surface area contributed by atoms with Gasteiger partial charge in [0.1, 0.15) is 5.69 Å². The van der Waals surface area contributed by atoms with Gasteiger partial charge in [-0.15, -0.1) is 0 Å². The molecule has 21 heavy (non-hydrogen) atoms. The second kappa shape index (κ2) is 7.51. The van der Waals surface area contributed by atoms with Gasteiger partial charge in [-0.2, -0.15) is 0 Å². The second-order valence-corrected chi connectivity index (χ2v) is 5.46. The number of methoxy groups -OCH3 is 1. The number of nitrogens with zero attached hydrogens (tertiary/aromatic N) is 1. The number of carbonyl (C=O) groups is 1. The normalized spacial score (nSPS) is 11.3. The standard InChI is InChI=1S/C7H8BNO4.C6H14O2/c1-13-7(10)6-3-2-5(4-9-6)8(11)12;1-5(2,7)6(3,4)8/h2-4,11-12H,1H3;7-8H,1-4H3. The molecule has 1 aromatic rings. The van der Waals surface area contributed by atoms with Crippen molar-refractivity contribution in [3.63, 3.8) is 0 Å². The number of hydrogen-bond donors (Lipinski definition) is 4. The van der Waals surface area contributed by atoms with Crippen LogP contribution < -0.4 is 5.46 Å². The van der Waals surface area contributed by atoms with Gasteiger partial charge in [0.15, 0.2) is 0 Å². The van der Waals surface area contributed by atoms with Gasteiger partial charge in [-0.3, -0.25) is 0 Å². The van der Waals surface area contributed by atoms with E-state index < -0.39 is 24.3 Å². The highest BCUT2D eigenvalue weighted by Crippen LogP contribution is 2.19. The Kier molecular flexibility index (Phi) is 6.98. The number of pyridine rings is 1. The summed E-state index contributed by atoms with van der Waals surface area (Å²) in [5.41, 5.74) is -1.65. The summed E-state index contributed by atoms with van der Waals surface area (Å²) in [6.07, 6.45) is 1.21. The Balaban J connectivity index is 0.000000433. The SMILES string of the molecule is CC(C)(O)C(C)(C)O.COC(=O)c1ccc(B(O)O)cn1. The lowest BCUT2D eigenvalue weighted by atomic mass is 9.82. The molecular weight excluding hydrogens is 277 g/mol. The van der Waals surface area contributed by atoms with E-state index >= 15 is 0 Å². The number of aromatic nitrogens is 1. The van der Waals surface area contributed by atoms with Crippen molar-refractivity contribution in [1.29, 1.82) is 0 Å². The molecular formula is C13H22BNO6. The van der Waals surface area contributed by atoms with E-state index in [1.54, 1.807) is 27.7 Å². The summed E-state index contributed by atoms with van der Waals surface area (Å²) in [4.78, 5) is 14.6. The molecule has 8 heteroatoms. The smallest absolute Gasteiger partial charge is 0.464 e. The van der Waals surface area contributed by atoms with E-state index in [2.05, 4.69) is 9.72 Å². The predicted octanol–water partition coefficient (Wildman–Crippen LogP) is -0.924. The maximum Gasteiger partial charge on any atom is 0.490 e. The molecule has 0 spiro atoms. The molecule has 0 aliphatic rings. The van der Waals surface area contributed by atoms with Crippen molar-refractivity contribution in [3.8, 4) is 0 Å². The van der Waals surface area contributed by atoms with Crippen LogP contribution in [-0.2, 0) is 4.74 Å². The van der Waals surface area contributed by atoms with Gasteiger partial charge < -0.3 is 25.0 Å². The fourth-order valence-corrected chi connectivity index (χ4v) is 0.783. The van der Waals surface area contributed by atoms with Gasteiger partial charge in [-0.25, -0.2) is 9.78 Å². The Morgan fingerprint density at radius 2 is 1.62 bits per heavy atom. The zero-order valence-electron chi connectivity index (χ0n) is 12.9. The molecule has 118 valence electrons. The fourth-order valence-electron chi connectivity index (χ4n) is 0.783. The summed E-state index contributed by atoms with van der Waals surface area (Å²) in [7, 11) is -0.321. The van der Waals surface area contributed by atoms with E-state index in [0.29, 0.717) is 0 Å². The highest BCUT2D eigenvalue weighted by atomic mass is 16.5. The van der Waals surface area contributed by atoms with Crippen molar-refractivity contribution in [2.45, 2.75) is 38.9 Å². The Morgan fingerprint density at radius 3 is 1.86 bits per heavy atom. The third kappa shape index (κ3) is 6.68. The van der Waals surface area contributed by atoms with Crippen LogP contribution in [0.25, 0.3) is 0 Å². The van der Waals surface area contributed by atoms with E-state index in [-0.39, 0.29) is 11.2 Å². The zero-order valence-corrected chi connectivity index (χ0v) is 12.9. The average Bonchev–Trinajstić information content (AvgIpc) is 2.36. The summed E-state index contributed by atoms with van der Waals surface area (Å²) in [5.74, 6) is -0.557. The van der Waals surface area contributed by atoms with Gasteiger partial charge >= 0.3 is 13.1 Å². The minimum Gasteiger partial charge on any atom is -0.464 e. The minimum absolute atomic E-state index is 0.131. The van der Waals surface area contributed by atoms with Crippen molar-refractivity contribution in [3.05, 3.63) is 24.0 Å². The topological polar surface area (TPSA) is 120 Å². The monoisotopic (exact) mass is 299 g/mol. The number of hydrogen-bond acceptors (Lipinski definition) is 7. The molecule has 0 bridgehead atoms. The molecule has 1 heterocycles. The lowest BCUT2D eigenvalue weighted by Gasteiger charge is -2.31. The zero-order chi connectivity index (χ0) is 16.8. The first-order valence-electron chi connectivity index (χ1n) is 6.25. The quantitative estimate of drug-likeness (QED) is 0.420. The summed E-state index contributed by atoms with van der Waals surface area (Å²) >= 11 is 0. The highest BCUT2D eigenvalue weighted by Gasteiger charge is 2.31. The third-order valence-corrected chi connectivity index (χ3v) is 2.98. The van der Waals surface area contributed by atoms with E-state index in [4.69, 9.17) is 20.3 Å². The van der Waals surface area contributed by atoms with E-state index in [1.165, 1.54) is 25.4 Å². The van der Waals surface area contributed by atoms with Crippen molar-refractivity contribution in [2.24, 2.45) is 0 Å². The van der Waals surface area contributed by atoms with Gasteiger partial charge in [0.2, 0.25) is 0 Å². The number of carbonyl (C=O) groups excluding carboxylic acids is 1. The van der Waals surface area contributed by atoms with Crippen molar-refractivity contribution >= 4 is 18.6 Å². The second-order valence-electron chi connectivity index (χ2n) is 5.46. The van der Waals surface area contributed by atoms with Gasteiger partial charge in [0, 0.05) is 11.7 Å². The van der Waals surface area contributed by atoms with Crippen molar-refractivity contribution in [2.75, 3.05) is 7.11 Å². The van der Waals surface area contributed by atoms with Crippen LogP contribution in [0, 0.1) is 0 Å². The number of esters is 1. The molecule has 0 atom stereocenters. The van der Waals surface area contributed by atoms with Crippen LogP contribution in [0.1, 0.15) is 38.2 Å². The molecule has 0 fully saturated rings. The fraction of sp³-hybridized carbons (Fsp3) is 0.538. The molecule has 0 saturated heterocycles. The van der Waals surface area contributed by atoms with Crippen LogP contribution in [0.2, 0.25) is 0 Å². The van der Waals surface area contributed by atoms with E-state index in [1.807, 2.05) is 0 Å². The largest absolute Gasteiger partial charge is 0.490 e. The lowest BCUT2D eigenvalue weighted by molar-refractivity contribution is -0.107. The first-order chi connectivity index (χ1) is 9.40. The van der Waals surface area contributed by atoms with Crippen LogP contribution in [-0.4, -0.2) is 56.6 Å². The van der Waals surface area contributed by atoms with Gasteiger partial charge in [0.05, 0.1) is 18.3 Å². The summed E-state index contributed by atoms with van der Waals surface area (Å²) in [6.45, 7) is 6.31. The van der Waals surface area contributed by atoms with Gasteiger partial charge in [0.25, 0.3) is 0 Å². The summed E-state index contributed by atoms with van der Waals surface area (Å²) in [6, 6.07) is 2.75. The number of rotatable bonds is 3. The maximum absolute atomic E-state index is 10.9. The molecule has 0 unspecified atom stereocenters. The molecule has 4 N–H and O–H groups in total. The van der Waals surface area contributed by atoms with Crippen molar-refractivity contribution < 1.29 is 29.8 Å². The lowest BCUT2D eigenvalue weighted by Crippen LogP contribution is -2.44. The predicted molar refractivity (Wildman–Crippen MR) is 78.0 cm³/mol. The average molecular weight is 299 g/mol. The van der Waals surface area contributed by atoms with Crippen LogP contribution in [0.3, 0.4) is 0 Å². The molecule has 0 aliphatic heterocycles.